The van der Waals surface area contributed by atoms with Gasteiger partial charge in [0.15, 0.2) is 10.9 Å². The maximum atomic E-state index is 14.4. The minimum atomic E-state index is -1.14. The van der Waals surface area contributed by atoms with E-state index in [1.807, 2.05) is 13.8 Å². The van der Waals surface area contributed by atoms with Crippen molar-refractivity contribution in [3.8, 4) is 11.5 Å². The molecule has 38 heavy (non-hydrogen) atoms. The van der Waals surface area contributed by atoms with E-state index in [9.17, 15) is 28.6 Å². The summed E-state index contributed by atoms with van der Waals surface area (Å²) >= 11 is 0.843. The number of benzene rings is 3. The van der Waals surface area contributed by atoms with Crippen molar-refractivity contribution in [1.82, 2.24) is 4.98 Å². The van der Waals surface area contributed by atoms with E-state index in [4.69, 9.17) is 4.74 Å². The summed E-state index contributed by atoms with van der Waals surface area (Å²) in [6.45, 7) is 3.90. The van der Waals surface area contributed by atoms with Crippen LogP contribution in [0.1, 0.15) is 42.5 Å². The lowest BCUT2D eigenvalue weighted by Gasteiger charge is -2.23. The largest absolute Gasteiger partial charge is 0.508 e. The topological polar surface area (TPSA) is 100.0 Å². The van der Waals surface area contributed by atoms with Crippen LogP contribution in [0.25, 0.3) is 16.0 Å². The number of carbonyl (C=O) groups is 2. The van der Waals surface area contributed by atoms with Crippen molar-refractivity contribution in [2.24, 2.45) is 0 Å². The van der Waals surface area contributed by atoms with E-state index < -0.39 is 35.1 Å². The lowest BCUT2D eigenvalue weighted by atomic mass is 9.93. The van der Waals surface area contributed by atoms with Crippen LogP contribution in [-0.2, 0) is 9.59 Å². The van der Waals surface area contributed by atoms with Crippen LogP contribution in [-0.4, -0.2) is 34.0 Å². The molecule has 3 aromatic carbocycles. The molecule has 10 heteroatoms. The molecule has 7 nitrogen and oxygen atoms in total. The lowest BCUT2D eigenvalue weighted by Crippen LogP contribution is -2.29. The van der Waals surface area contributed by atoms with E-state index in [1.165, 1.54) is 31.4 Å². The Kier molecular flexibility index (Phi) is 6.36. The fraction of sp³-hybridized carbons (Fsp3) is 0.179. The SMILES string of the molecule is COc1ccc(/C(O)=C2\C(=O)C(=O)N(c3nc4c(F)cc(F)cc4s3)C2c2ccc(O)cc2)cc1C(C)C. The fourth-order valence-corrected chi connectivity index (χ4v) is 5.57. The maximum absolute atomic E-state index is 14.4. The highest BCUT2D eigenvalue weighted by molar-refractivity contribution is 7.22. The molecule has 1 fully saturated rings. The molecule has 1 atom stereocenters. The second-order valence-corrected chi connectivity index (χ2v) is 10.1. The van der Waals surface area contributed by atoms with E-state index in [0.717, 1.165) is 27.9 Å². The number of amides is 1. The van der Waals surface area contributed by atoms with Crippen molar-refractivity contribution in [3.63, 3.8) is 0 Å². The van der Waals surface area contributed by atoms with Crippen molar-refractivity contribution in [2.45, 2.75) is 25.8 Å². The van der Waals surface area contributed by atoms with Gasteiger partial charge in [0.2, 0.25) is 0 Å². The minimum Gasteiger partial charge on any atom is -0.508 e. The van der Waals surface area contributed by atoms with E-state index in [1.54, 1.807) is 18.2 Å². The first-order valence-corrected chi connectivity index (χ1v) is 12.5. The number of rotatable bonds is 5. The van der Waals surface area contributed by atoms with Crippen molar-refractivity contribution >= 4 is 44.1 Å². The molecule has 1 amide bonds. The molecule has 1 aliphatic heterocycles. The summed E-state index contributed by atoms with van der Waals surface area (Å²) in [4.78, 5) is 32.0. The van der Waals surface area contributed by atoms with Crippen molar-refractivity contribution in [2.75, 3.05) is 12.0 Å². The summed E-state index contributed by atoms with van der Waals surface area (Å²) in [7, 11) is 1.53. The first-order chi connectivity index (χ1) is 18.1. The van der Waals surface area contributed by atoms with Gasteiger partial charge in [0, 0.05) is 11.6 Å². The number of hydrogen-bond acceptors (Lipinski definition) is 7. The molecule has 2 N–H and O–H groups in total. The second kappa shape index (κ2) is 9.53. The summed E-state index contributed by atoms with van der Waals surface area (Å²) < 4.78 is 33.8. The molecule has 0 saturated carbocycles. The van der Waals surface area contributed by atoms with Crippen molar-refractivity contribution < 1.29 is 33.3 Å². The Hall–Kier alpha value is -4.31. The number of aliphatic hydroxyl groups excluding tert-OH is 1. The zero-order chi connectivity index (χ0) is 27.3. The van der Waals surface area contributed by atoms with Gasteiger partial charge in [0.1, 0.15) is 28.6 Å². The number of hydrogen-bond donors (Lipinski definition) is 2. The lowest BCUT2D eigenvalue weighted by molar-refractivity contribution is -0.132. The van der Waals surface area contributed by atoms with E-state index in [2.05, 4.69) is 4.98 Å². The van der Waals surface area contributed by atoms with E-state index in [0.29, 0.717) is 22.9 Å². The summed E-state index contributed by atoms with van der Waals surface area (Å²) in [5.74, 6) is -3.47. The number of fused-ring (bicyclic) bond motifs is 1. The molecular formula is C28H22F2N2O5S. The number of ether oxygens (including phenoxy) is 1. The molecule has 5 rings (SSSR count). The van der Waals surface area contributed by atoms with Gasteiger partial charge in [-0.1, -0.05) is 37.3 Å². The highest BCUT2D eigenvalue weighted by Gasteiger charge is 2.48. The zero-order valence-electron chi connectivity index (χ0n) is 20.5. The predicted molar refractivity (Wildman–Crippen MR) is 140 cm³/mol. The van der Waals surface area contributed by atoms with Gasteiger partial charge in [-0.15, -0.1) is 0 Å². The molecule has 0 aliphatic carbocycles. The van der Waals surface area contributed by atoms with Gasteiger partial charge in [-0.3, -0.25) is 14.5 Å². The third-order valence-electron chi connectivity index (χ3n) is 6.39. The van der Waals surface area contributed by atoms with Gasteiger partial charge >= 0.3 is 5.91 Å². The summed E-state index contributed by atoms with van der Waals surface area (Å²) in [5.41, 5.74) is 1.14. The number of halogens is 2. The molecule has 0 bridgehead atoms. The van der Waals surface area contributed by atoms with Gasteiger partial charge in [0.25, 0.3) is 5.78 Å². The number of aromatic nitrogens is 1. The summed E-state index contributed by atoms with van der Waals surface area (Å²) in [6, 6.07) is 11.4. The average Bonchev–Trinajstić information content (AvgIpc) is 3.42. The molecule has 4 aromatic rings. The number of carbonyl (C=O) groups excluding carboxylic acids is 2. The Morgan fingerprint density at radius 3 is 2.45 bits per heavy atom. The number of phenolic OH excluding ortho intramolecular Hbond substituents is 1. The van der Waals surface area contributed by atoms with Gasteiger partial charge in [-0.2, -0.15) is 0 Å². The van der Waals surface area contributed by atoms with Gasteiger partial charge in [-0.25, -0.2) is 13.8 Å². The van der Waals surface area contributed by atoms with Gasteiger partial charge < -0.3 is 14.9 Å². The number of aliphatic hydroxyl groups is 1. The highest BCUT2D eigenvalue weighted by atomic mass is 32.1. The molecule has 1 saturated heterocycles. The van der Waals surface area contributed by atoms with Crippen LogP contribution in [0.15, 0.2) is 60.2 Å². The summed E-state index contributed by atoms with van der Waals surface area (Å²) in [6.07, 6.45) is 0. The molecule has 0 spiro atoms. The van der Waals surface area contributed by atoms with Crippen molar-refractivity contribution in [1.29, 1.82) is 0 Å². The predicted octanol–water partition coefficient (Wildman–Crippen LogP) is 6.04. The average molecular weight is 537 g/mol. The van der Waals surface area contributed by atoms with E-state index in [-0.39, 0.29) is 32.6 Å². The van der Waals surface area contributed by atoms with Crippen molar-refractivity contribution in [3.05, 3.63) is 88.5 Å². The molecule has 1 unspecified atom stereocenters. The number of Topliss-reactive ketones (excluding diaryl/α,β-unsaturated/α-hetero) is 1. The Morgan fingerprint density at radius 1 is 1.08 bits per heavy atom. The maximum Gasteiger partial charge on any atom is 0.301 e. The molecule has 0 radical (unpaired) electrons. The van der Waals surface area contributed by atoms with Crippen LogP contribution < -0.4 is 9.64 Å². The number of ketones is 1. The Morgan fingerprint density at radius 2 is 1.79 bits per heavy atom. The second-order valence-electron chi connectivity index (χ2n) is 9.10. The van der Waals surface area contributed by atoms with Gasteiger partial charge in [0.05, 0.1) is 23.4 Å². The van der Waals surface area contributed by atoms with Crippen LogP contribution in [0.4, 0.5) is 13.9 Å². The highest BCUT2D eigenvalue weighted by Crippen LogP contribution is 2.45. The minimum absolute atomic E-state index is 0.0334. The smallest absolute Gasteiger partial charge is 0.301 e. The van der Waals surface area contributed by atoms with Gasteiger partial charge in [-0.05, 0) is 53.4 Å². The summed E-state index contributed by atoms with van der Waals surface area (Å²) in [5, 5.41) is 21.2. The van der Waals surface area contributed by atoms with Crippen LogP contribution >= 0.6 is 11.3 Å². The quantitative estimate of drug-likeness (QED) is 0.183. The number of aromatic hydroxyl groups is 1. The Balaban J connectivity index is 1.73. The molecular weight excluding hydrogens is 514 g/mol. The Bertz CT molecular complexity index is 1630. The number of anilines is 1. The first kappa shape index (κ1) is 25.3. The van der Waals surface area contributed by atoms with Crippen LogP contribution in [0, 0.1) is 11.6 Å². The first-order valence-electron chi connectivity index (χ1n) is 11.6. The van der Waals surface area contributed by atoms with E-state index >= 15 is 0 Å². The normalized spacial score (nSPS) is 17.1. The Labute approximate surface area is 220 Å². The molecule has 194 valence electrons. The molecule has 1 aliphatic rings. The number of methoxy groups -OCH3 is 1. The number of nitrogens with zero attached hydrogens (tertiary/aromatic N) is 2. The number of thiazole rings is 1. The van der Waals surface area contributed by atoms with Crippen LogP contribution in [0.2, 0.25) is 0 Å². The molecule has 2 heterocycles. The number of phenols is 1. The third kappa shape index (κ3) is 4.16. The third-order valence-corrected chi connectivity index (χ3v) is 7.39. The van der Waals surface area contributed by atoms with Crippen LogP contribution in [0.5, 0.6) is 11.5 Å². The fourth-order valence-electron chi connectivity index (χ4n) is 4.54. The van der Waals surface area contributed by atoms with Crippen LogP contribution in [0.3, 0.4) is 0 Å². The standard InChI is InChI=1S/C28H22F2N2O5S/c1-13(2)18-10-15(6-9-20(18)37-3)25(34)22-24(14-4-7-17(33)8-5-14)32(27(36)26(22)35)28-31-23-19(30)11-16(29)12-21(23)38-28/h4-13,24,33-34H,1-3H3/b25-22+. The molecule has 1 aromatic heterocycles. The zero-order valence-corrected chi connectivity index (χ0v) is 21.3. The monoisotopic (exact) mass is 536 g/mol.